The molecule has 4 rings (SSSR count). The van der Waals surface area contributed by atoms with Gasteiger partial charge in [0.2, 0.25) is 16.7 Å². The maximum absolute atomic E-state index is 12.8. The maximum Gasteiger partial charge on any atom is 0.276 e. The minimum atomic E-state index is -3.79. The van der Waals surface area contributed by atoms with Crippen LogP contribution in [0.4, 0.5) is 5.88 Å². The summed E-state index contributed by atoms with van der Waals surface area (Å²) in [6.45, 7) is 3.70. The number of ether oxygens (including phenoxy) is 1. The molecule has 0 bridgehead atoms. The Bertz CT molecular complexity index is 1270. The van der Waals surface area contributed by atoms with Crippen LogP contribution in [0.15, 0.2) is 50.3 Å². The topological polar surface area (TPSA) is 125 Å². The third kappa shape index (κ3) is 5.00. The van der Waals surface area contributed by atoms with E-state index in [1.54, 1.807) is 0 Å². The Morgan fingerprint density at radius 2 is 1.85 bits per heavy atom. The quantitative estimate of drug-likeness (QED) is 0.513. The zero-order chi connectivity index (χ0) is 24.3. The molecule has 0 amide bonds. The molecule has 1 unspecified atom stereocenters. The summed E-state index contributed by atoms with van der Waals surface area (Å²) in [7, 11) is 0.158. The van der Waals surface area contributed by atoms with Gasteiger partial charge in [0, 0.05) is 19.6 Å². The number of nitriles is 1. The van der Waals surface area contributed by atoms with Crippen LogP contribution in [-0.4, -0.2) is 69.6 Å². The Morgan fingerprint density at radius 3 is 2.50 bits per heavy atom. The first-order valence-corrected chi connectivity index (χ1v) is 12.3. The number of aromatic nitrogens is 1. The molecule has 180 valence electrons. The van der Waals surface area contributed by atoms with Gasteiger partial charge in [-0.15, -0.1) is 0 Å². The molecule has 10 nitrogen and oxygen atoms in total. The van der Waals surface area contributed by atoms with Crippen molar-refractivity contribution in [1.29, 1.82) is 5.26 Å². The van der Waals surface area contributed by atoms with Crippen molar-refractivity contribution in [2.45, 2.75) is 18.1 Å². The first-order valence-electron chi connectivity index (χ1n) is 10.9. The summed E-state index contributed by atoms with van der Waals surface area (Å²) in [4.78, 5) is 6.25. The molecule has 1 N–H and O–H groups in total. The smallest absolute Gasteiger partial charge is 0.276 e. The number of oxazole rings is 1. The van der Waals surface area contributed by atoms with E-state index in [1.807, 2.05) is 27.1 Å². The van der Waals surface area contributed by atoms with Crippen LogP contribution >= 0.6 is 0 Å². The van der Waals surface area contributed by atoms with Crippen LogP contribution in [-0.2, 0) is 14.8 Å². The standard InChI is InChI=1S/C23H27N5O5S/c1-16-4-6-17(7-5-16)19(27(2)3)15-25-22-18(14-24)26-23(33-22)20-8-9-21(32-20)34(29,30)28-10-12-31-13-11-28/h4-9,19,25H,10-13,15H2,1-3H3. The Morgan fingerprint density at radius 1 is 1.15 bits per heavy atom. The molecule has 1 fully saturated rings. The number of hydrogen-bond acceptors (Lipinski definition) is 9. The Balaban J connectivity index is 1.53. The number of furan rings is 1. The van der Waals surface area contributed by atoms with E-state index in [1.165, 1.54) is 22.0 Å². The van der Waals surface area contributed by atoms with Crippen molar-refractivity contribution in [3.63, 3.8) is 0 Å². The minimum Gasteiger partial charge on any atom is -0.438 e. The number of likely N-dealkylation sites (N-methyl/N-ethyl adjacent to an activating group) is 1. The van der Waals surface area contributed by atoms with E-state index in [-0.39, 0.29) is 47.5 Å². The van der Waals surface area contributed by atoms with Crippen molar-refractivity contribution >= 4 is 15.9 Å². The van der Waals surface area contributed by atoms with Gasteiger partial charge in [-0.1, -0.05) is 29.8 Å². The molecule has 3 aromatic rings. The number of rotatable bonds is 8. The average Bonchev–Trinajstić information content (AvgIpc) is 3.48. The van der Waals surface area contributed by atoms with Crippen LogP contribution in [0.1, 0.15) is 22.9 Å². The van der Waals surface area contributed by atoms with Crippen LogP contribution in [0.25, 0.3) is 11.7 Å². The number of aryl methyl sites for hydroxylation is 1. The fourth-order valence-electron chi connectivity index (χ4n) is 3.69. The molecule has 34 heavy (non-hydrogen) atoms. The zero-order valence-electron chi connectivity index (χ0n) is 19.3. The second-order valence-electron chi connectivity index (χ2n) is 8.21. The minimum absolute atomic E-state index is 0.0228. The maximum atomic E-state index is 12.8. The number of nitrogens with one attached hydrogen (secondary N) is 1. The van der Waals surface area contributed by atoms with Gasteiger partial charge >= 0.3 is 0 Å². The van der Waals surface area contributed by atoms with Gasteiger partial charge in [0.15, 0.2) is 5.76 Å². The lowest BCUT2D eigenvalue weighted by Gasteiger charge is -2.25. The van der Waals surface area contributed by atoms with Crippen LogP contribution in [0.2, 0.25) is 0 Å². The van der Waals surface area contributed by atoms with Crippen molar-refractivity contribution in [2.75, 3.05) is 52.3 Å². The number of nitrogens with zero attached hydrogens (tertiary/aromatic N) is 4. The van der Waals surface area contributed by atoms with E-state index >= 15 is 0 Å². The average molecular weight is 486 g/mol. The Hall–Kier alpha value is -3.17. The zero-order valence-corrected chi connectivity index (χ0v) is 20.1. The fraction of sp³-hybridized carbons (Fsp3) is 0.391. The lowest BCUT2D eigenvalue weighted by Crippen LogP contribution is -2.40. The second kappa shape index (κ2) is 9.99. The van der Waals surface area contributed by atoms with Crippen molar-refractivity contribution in [2.24, 2.45) is 0 Å². The highest BCUT2D eigenvalue weighted by Gasteiger charge is 2.30. The summed E-state index contributed by atoms with van der Waals surface area (Å²) in [5, 5.41) is 12.5. The molecule has 0 radical (unpaired) electrons. The molecular formula is C23H27N5O5S. The molecule has 1 aromatic carbocycles. The molecule has 1 aliphatic heterocycles. The highest BCUT2D eigenvalue weighted by molar-refractivity contribution is 7.89. The monoisotopic (exact) mass is 485 g/mol. The third-order valence-corrected chi connectivity index (χ3v) is 7.40. The molecular weight excluding hydrogens is 458 g/mol. The van der Waals surface area contributed by atoms with Crippen LogP contribution < -0.4 is 5.32 Å². The summed E-state index contributed by atoms with van der Waals surface area (Å²) >= 11 is 0. The number of benzene rings is 1. The first-order chi connectivity index (χ1) is 16.3. The third-order valence-electron chi connectivity index (χ3n) is 5.63. The summed E-state index contributed by atoms with van der Waals surface area (Å²) in [5.41, 5.74) is 2.35. The van der Waals surface area contributed by atoms with Crippen molar-refractivity contribution < 1.29 is 22.0 Å². The Kier molecular flexibility index (Phi) is 7.04. The summed E-state index contributed by atoms with van der Waals surface area (Å²) in [5.74, 6) is 0.351. The molecule has 0 saturated carbocycles. The molecule has 0 spiro atoms. The number of hydrogen-bond donors (Lipinski definition) is 1. The molecule has 3 heterocycles. The van der Waals surface area contributed by atoms with Crippen LogP contribution in [0.3, 0.4) is 0 Å². The van der Waals surface area contributed by atoms with Gasteiger partial charge in [0.1, 0.15) is 6.07 Å². The lowest BCUT2D eigenvalue weighted by atomic mass is 10.0. The largest absolute Gasteiger partial charge is 0.438 e. The summed E-state index contributed by atoms with van der Waals surface area (Å²) in [6, 6.07) is 13.1. The normalized spacial score (nSPS) is 15.9. The van der Waals surface area contributed by atoms with Crippen LogP contribution in [0.5, 0.6) is 0 Å². The van der Waals surface area contributed by atoms with Gasteiger partial charge in [-0.3, -0.25) is 0 Å². The van der Waals surface area contributed by atoms with E-state index in [9.17, 15) is 13.7 Å². The van der Waals surface area contributed by atoms with Gasteiger partial charge in [-0.05, 0) is 38.7 Å². The van der Waals surface area contributed by atoms with Gasteiger partial charge in [0.25, 0.3) is 15.9 Å². The van der Waals surface area contributed by atoms with E-state index in [2.05, 4.69) is 39.5 Å². The lowest BCUT2D eigenvalue weighted by molar-refractivity contribution is 0.0724. The SMILES string of the molecule is Cc1ccc(C(CNc2oc(-c3ccc(S(=O)(=O)N4CCOCC4)o3)nc2C#N)N(C)C)cc1. The van der Waals surface area contributed by atoms with E-state index < -0.39 is 10.0 Å². The van der Waals surface area contributed by atoms with Gasteiger partial charge < -0.3 is 23.8 Å². The molecule has 0 aliphatic carbocycles. The van der Waals surface area contributed by atoms with Crippen LogP contribution in [0, 0.1) is 18.3 Å². The van der Waals surface area contributed by atoms with E-state index in [0.717, 1.165) is 5.56 Å². The fourth-order valence-corrected chi connectivity index (χ4v) is 5.00. The highest BCUT2D eigenvalue weighted by Crippen LogP contribution is 2.30. The molecule has 1 atom stereocenters. The van der Waals surface area contributed by atoms with Crippen molar-refractivity contribution in [3.05, 3.63) is 53.2 Å². The van der Waals surface area contributed by atoms with Crippen molar-refractivity contribution in [3.8, 4) is 17.7 Å². The van der Waals surface area contributed by atoms with E-state index in [0.29, 0.717) is 19.8 Å². The molecule has 1 aliphatic rings. The predicted molar refractivity (Wildman–Crippen MR) is 125 cm³/mol. The van der Waals surface area contributed by atoms with Gasteiger partial charge in [-0.25, -0.2) is 8.42 Å². The number of morpholine rings is 1. The van der Waals surface area contributed by atoms with Crippen molar-refractivity contribution in [1.82, 2.24) is 14.2 Å². The second-order valence-corrected chi connectivity index (χ2v) is 10.1. The number of sulfonamides is 1. The molecule has 11 heteroatoms. The molecule has 2 aromatic heterocycles. The number of anilines is 1. The summed E-state index contributed by atoms with van der Waals surface area (Å²) < 4.78 is 43.5. The summed E-state index contributed by atoms with van der Waals surface area (Å²) in [6.07, 6.45) is 0. The highest BCUT2D eigenvalue weighted by atomic mass is 32.2. The first kappa shape index (κ1) is 24.0. The van der Waals surface area contributed by atoms with Gasteiger partial charge in [0.05, 0.1) is 19.3 Å². The van der Waals surface area contributed by atoms with Gasteiger partial charge in [-0.2, -0.15) is 14.6 Å². The van der Waals surface area contributed by atoms with E-state index in [4.69, 9.17) is 13.6 Å². The predicted octanol–water partition coefficient (Wildman–Crippen LogP) is 2.85. The molecule has 1 saturated heterocycles. The Labute approximate surface area is 198 Å².